The molecule has 0 unspecified atom stereocenters. The lowest BCUT2D eigenvalue weighted by Gasteiger charge is -2.08. The van der Waals surface area contributed by atoms with Crippen LogP contribution in [-0.2, 0) is 30.9 Å². The molecule has 26 heavy (non-hydrogen) atoms. The van der Waals surface area contributed by atoms with Gasteiger partial charge in [0.2, 0.25) is 10.0 Å². The Morgan fingerprint density at radius 1 is 1.19 bits per heavy atom. The standard InChI is InChI=1S/C16H19N3O6S/c1-11-16(12(2)25-19-11)26(22,23)18-9-15(21)24-10-14(20)17-8-13-6-4-3-5-7-13/h3-7,18H,8-10H2,1-2H3,(H,17,20). The molecule has 2 rings (SSSR count). The number of sulfonamides is 1. The predicted molar refractivity (Wildman–Crippen MR) is 90.4 cm³/mol. The van der Waals surface area contributed by atoms with Crippen molar-refractivity contribution in [3.8, 4) is 0 Å². The Labute approximate surface area is 150 Å². The van der Waals surface area contributed by atoms with Gasteiger partial charge in [-0.05, 0) is 19.4 Å². The molecule has 0 spiro atoms. The number of amides is 1. The number of carbonyl (C=O) groups is 2. The van der Waals surface area contributed by atoms with E-state index in [0.717, 1.165) is 5.56 Å². The van der Waals surface area contributed by atoms with E-state index in [9.17, 15) is 18.0 Å². The summed E-state index contributed by atoms with van der Waals surface area (Å²) in [6.45, 7) is 2.11. The minimum absolute atomic E-state index is 0.114. The Hall–Kier alpha value is -2.72. The summed E-state index contributed by atoms with van der Waals surface area (Å²) < 4.78 is 35.9. The van der Waals surface area contributed by atoms with Gasteiger partial charge < -0.3 is 14.6 Å². The van der Waals surface area contributed by atoms with Crippen LogP contribution in [0, 0.1) is 13.8 Å². The highest BCUT2D eigenvalue weighted by Gasteiger charge is 2.25. The number of esters is 1. The van der Waals surface area contributed by atoms with Crippen LogP contribution in [0.3, 0.4) is 0 Å². The van der Waals surface area contributed by atoms with Gasteiger partial charge in [-0.15, -0.1) is 0 Å². The third-order valence-corrected chi connectivity index (χ3v) is 4.98. The van der Waals surface area contributed by atoms with Crippen LogP contribution >= 0.6 is 0 Å². The van der Waals surface area contributed by atoms with E-state index in [1.165, 1.54) is 13.8 Å². The molecule has 0 bridgehead atoms. The number of hydrogen-bond acceptors (Lipinski definition) is 7. The first kappa shape index (κ1) is 19.6. The zero-order valence-corrected chi connectivity index (χ0v) is 15.1. The normalized spacial score (nSPS) is 11.2. The van der Waals surface area contributed by atoms with E-state index in [2.05, 4.69) is 15.2 Å². The molecule has 0 fully saturated rings. The second-order valence-electron chi connectivity index (χ2n) is 5.40. The second kappa shape index (κ2) is 8.59. The van der Waals surface area contributed by atoms with Gasteiger partial charge in [0.15, 0.2) is 12.4 Å². The smallest absolute Gasteiger partial charge is 0.321 e. The molecule has 1 aromatic carbocycles. The molecule has 1 heterocycles. The summed E-state index contributed by atoms with van der Waals surface area (Å²) in [4.78, 5) is 23.2. The highest BCUT2D eigenvalue weighted by molar-refractivity contribution is 7.89. The Bertz CT molecular complexity index is 857. The number of hydrogen-bond donors (Lipinski definition) is 2. The average Bonchev–Trinajstić information content (AvgIpc) is 2.96. The molecule has 0 saturated carbocycles. The molecule has 0 radical (unpaired) electrons. The first-order valence-corrected chi connectivity index (χ1v) is 9.16. The van der Waals surface area contributed by atoms with Gasteiger partial charge in [-0.3, -0.25) is 9.59 Å². The van der Waals surface area contributed by atoms with Crippen molar-refractivity contribution in [3.05, 3.63) is 47.3 Å². The van der Waals surface area contributed by atoms with Gasteiger partial charge in [0.25, 0.3) is 5.91 Å². The lowest BCUT2D eigenvalue weighted by atomic mass is 10.2. The van der Waals surface area contributed by atoms with Gasteiger partial charge in [-0.25, -0.2) is 8.42 Å². The van der Waals surface area contributed by atoms with Crippen molar-refractivity contribution in [2.24, 2.45) is 0 Å². The minimum Gasteiger partial charge on any atom is -0.455 e. The van der Waals surface area contributed by atoms with Crippen molar-refractivity contribution < 1.29 is 27.3 Å². The molecule has 9 nitrogen and oxygen atoms in total. The van der Waals surface area contributed by atoms with Gasteiger partial charge in [-0.1, -0.05) is 35.5 Å². The molecule has 1 amide bonds. The number of carbonyl (C=O) groups excluding carboxylic acids is 2. The van der Waals surface area contributed by atoms with E-state index < -0.39 is 35.1 Å². The van der Waals surface area contributed by atoms with E-state index in [4.69, 9.17) is 9.26 Å². The van der Waals surface area contributed by atoms with Crippen LogP contribution in [0.15, 0.2) is 39.8 Å². The summed E-state index contributed by atoms with van der Waals surface area (Å²) >= 11 is 0. The highest BCUT2D eigenvalue weighted by Crippen LogP contribution is 2.18. The molecule has 0 aliphatic heterocycles. The molecule has 1 aromatic heterocycles. The number of aromatic nitrogens is 1. The van der Waals surface area contributed by atoms with Crippen LogP contribution in [0.1, 0.15) is 17.0 Å². The van der Waals surface area contributed by atoms with Crippen LogP contribution in [0.5, 0.6) is 0 Å². The monoisotopic (exact) mass is 381 g/mol. The number of ether oxygens (including phenoxy) is 1. The van der Waals surface area contributed by atoms with Crippen molar-refractivity contribution in [3.63, 3.8) is 0 Å². The molecular formula is C16H19N3O6S. The van der Waals surface area contributed by atoms with E-state index in [1.54, 1.807) is 0 Å². The molecule has 0 saturated heterocycles. The van der Waals surface area contributed by atoms with Crippen molar-refractivity contribution >= 4 is 21.9 Å². The highest BCUT2D eigenvalue weighted by atomic mass is 32.2. The van der Waals surface area contributed by atoms with E-state index in [0.29, 0.717) is 6.54 Å². The van der Waals surface area contributed by atoms with E-state index in [-0.39, 0.29) is 16.3 Å². The predicted octanol–water partition coefficient (Wildman–Crippen LogP) is 0.429. The van der Waals surface area contributed by atoms with Gasteiger partial charge in [0.1, 0.15) is 17.1 Å². The number of nitrogens with one attached hydrogen (secondary N) is 2. The molecule has 2 aromatic rings. The topological polar surface area (TPSA) is 128 Å². The average molecular weight is 381 g/mol. The summed E-state index contributed by atoms with van der Waals surface area (Å²) in [5, 5.41) is 6.14. The first-order valence-electron chi connectivity index (χ1n) is 7.68. The SMILES string of the molecule is Cc1noc(C)c1S(=O)(=O)NCC(=O)OCC(=O)NCc1ccccc1. The number of benzene rings is 1. The summed E-state index contributed by atoms with van der Waals surface area (Å²) in [6, 6.07) is 9.22. The molecule has 10 heteroatoms. The van der Waals surface area contributed by atoms with Crippen molar-refractivity contribution in [1.82, 2.24) is 15.2 Å². The van der Waals surface area contributed by atoms with E-state index >= 15 is 0 Å². The third kappa shape index (κ3) is 5.39. The zero-order chi connectivity index (χ0) is 19.2. The Morgan fingerprint density at radius 2 is 1.88 bits per heavy atom. The lowest BCUT2D eigenvalue weighted by Crippen LogP contribution is -2.34. The lowest BCUT2D eigenvalue weighted by molar-refractivity contribution is -0.147. The van der Waals surface area contributed by atoms with Crippen LogP contribution in [0.2, 0.25) is 0 Å². The van der Waals surface area contributed by atoms with Crippen LogP contribution in [0.4, 0.5) is 0 Å². The fourth-order valence-electron chi connectivity index (χ4n) is 2.13. The Kier molecular flexibility index (Phi) is 6.47. The summed E-state index contributed by atoms with van der Waals surface area (Å²) in [5.74, 6) is -1.25. The maximum Gasteiger partial charge on any atom is 0.321 e. The zero-order valence-electron chi connectivity index (χ0n) is 14.3. The quantitative estimate of drug-likeness (QED) is 0.635. The van der Waals surface area contributed by atoms with Gasteiger partial charge in [-0.2, -0.15) is 4.72 Å². The molecular weight excluding hydrogens is 362 g/mol. The third-order valence-electron chi connectivity index (χ3n) is 3.34. The summed E-state index contributed by atoms with van der Waals surface area (Å²) in [5.41, 5.74) is 1.09. The van der Waals surface area contributed by atoms with Crippen molar-refractivity contribution in [1.29, 1.82) is 0 Å². The van der Waals surface area contributed by atoms with Crippen LogP contribution in [-0.4, -0.2) is 38.6 Å². The summed E-state index contributed by atoms with van der Waals surface area (Å²) in [7, 11) is -3.97. The molecule has 0 aliphatic rings. The van der Waals surface area contributed by atoms with Crippen LogP contribution in [0.25, 0.3) is 0 Å². The van der Waals surface area contributed by atoms with Gasteiger partial charge in [0, 0.05) is 6.54 Å². The van der Waals surface area contributed by atoms with Gasteiger partial charge >= 0.3 is 5.97 Å². The molecule has 140 valence electrons. The Balaban J connectivity index is 1.76. The van der Waals surface area contributed by atoms with E-state index in [1.807, 2.05) is 30.3 Å². The number of rotatable bonds is 8. The van der Waals surface area contributed by atoms with Gasteiger partial charge in [0.05, 0.1) is 0 Å². The molecule has 2 N–H and O–H groups in total. The Morgan fingerprint density at radius 3 is 2.50 bits per heavy atom. The van der Waals surface area contributed by atoms with Crippen LogP contribution < -0.4 is 10.0 Å². The fourth-order valence-corrected chi connectivity index (χ4v) is 3.42. The fraction of sp³-hybridized carbons (Fsp3) is 0.312. The van der Waals surface area contributed by atoms with Crippen molar-refractivity contribution in [2.75, 3.05) is 13.2 Å². The van der Waals surface area contributed by atoms with Crippen molar-refractivity contribution in [2.45, 2.75) is 25.3 Å². The number of nitrogens with zero attached hydrogens (tertiary/aromatic N) is 1. The second-order valence-corrected chi connectivity index (χ2v) is 7.10. The number of aryl methyl sites for hydroxylation is 2. The molecule has 0 aliphatic carbocycles. The maximum absolute atomic E-state index is 12.1. The summed E-state index contributed by atoms with van der Waals surface area (Å²) in [6.07, 6.45) is 0. The maximum atomic E-state index is 12.1. The first-order chi connectivity index (χ1) is 12.3. The minimum atomic E-state index is -3.97. The molecule has 0 atom stereocenters. The largest absolute Gasteiger partial charge is 0.455 e.